The van der Waals surface area contributed by atoms with E-state index in [-0.39, 0.29) is 31.5 Å². The summed E-state index contributed by atoms with van der Waals surface area (Å²) < 4.78 is 5.50. The number of likely N-dealkylation sites (N-methyl/N-ethyl adjacent to an activating group) is 1. The first-order valence-electron chi connectivity index (χ1n) is 8.40. The number of aliphatic hydroxyl groups is 1. The third-order valence-electron chi connectivity index (χ3n) is 3.90. The van der Waals surface area contributed by atoms with Gasteiger partial charge in [-0.25, -0.2) is 0 Å². The quantitative estimate of drug-likeness (QED) is 0.700. The number of hydrogen-bond acceptors (Lipinski definition) is 4. The number of nitrogens with two attached hydrogens (primary N) is 1. The fourth-order valence-corrected chi connectivity index (χ4v) is 2.58. The van der Waals surface area contributed by atoms with Gasteiger partial charge in [-0.15, -0.1) is 12.4 Å². The van der Waals surface area contributed by atoms with Gasteiger partial charge < -0.3 is 20.5 Å². The molecule has 1 unspecified atom stereocenters. The Morgan fingerprint density at radius 1 is 1.08 bits per heavy atom. The first-order chi connectivity index (χ1) is 12.1. The zero-order valence-corrected chi connectivity index (χ0v) is 15.8. The third-order valence-corrected chi connectivity index (χ3v) is 3.90. The molecule has 0 aliphatic heterocycles. The van der Waals surface area contributed by atoms with Gasteiger partial charge in [-0.1, -0.05) is 60.7 Å². The maximum atomic E-state index is 12.3. The average Bonchev–Trinajstić information content (AvgIpc) is 2.62. The largest absolute Gasteiger partial charge is 0.389 e. The normalized spacial score (nSPS) is 12.7. The first kappa shape index (κ1) is 22.1. The lowest BCUT2D eigenvalue weighted by Gasteiger charge is -2.24. The summed E-state index contributed by atoms with van der Waals surface area (Å²) in [5, 5.41) is 10.1. The summed E-state index contributed by atoms with van der Waals surface area (Å²) in [5.41, 5.74) is 8.06. The molecule has 26 heavy (non-hydrogen) atoms. The predicted molar refractivity (Wildman–Crippen MR) is 105 cm³/mol. The van der Waals surface area contributed by atoms with Crippen molar-refractivity contribution >= 4 is 18.3 Å². The Labute approximate surface area is 161 Å². The number of carbonyl (C=O) groups excluding carboxylic acids is 1. The molecule has 0 radical (unpaired) electrons. The fourth-order valence-electron chi connectivity index (χ4n) is 2.58. The van der Waals surface area contributed by atoms with Crippen LogP contribution in [-0.2, 0) is 22.6 Å². The zero-order chi connectivity index (χ0) is 18.1. The number of benzene rings is 2. The van der Waals surface area contributed by atoms with Gasteiger partial charge in [-0.3, -0.25) is 4.79 Å². The molecular formula is C20H27ClN2O3. The van der Waals surface area contributed by atoms with E-state index in [1.807, 2.05) is 60.7 Å². The molecule has 2 atom stereocenters. The van der Waals surface area contributed by atoms with Crippen LogP contribution in [-0.4, -0.2) is 48.3 Å². The Morgan fingerprint density at radius 2 is 1.62 bits per heavy atom. The van der Waals surface area contributed by atoms with Crippen molar-refractivity contribution in [2.24, 2.45) is 5.73 Å². The summed E-state index contributed by atoms with van der Waals surface area (Å²) >= 11 is 0. The van der Waals surface area contributed by atoms with Crippen LogP contribution in [0.4, 0.5) is 0 Å². The second kappa shape index (κ2) is 11.6. The lowest BCUT2D eigenvalue weighted by molar-refractivity contribution is -0.133. The molecular weight excluding hydrogens is 352 g/mol. The summed E-state index contributed by atoms with van der Waals surface area (Å²) in [6.45, 7) is 0.791. The number of hydrogen-bond donors (Lipinski definition) is 2. The molecule has 0 aliphatic rings. The highest BCUT2D eigenvalue weighted by atomic mass is 35.5. The van der Waals surface area contributed by atoms with Gasteiger partial charge in [0.1, 0.15) is 0 Å². The summed E-state index contributed by atoms with van der Waals surface area (Å²) in [4.78, 5) is 13.8. The number of rotatable bonds is 9. The molecule has 0 aliphatic carbocycles. The van der Waals surface area contributed by atoms with Crippen LogP contribution in [0.25, 0.3) is 0 Å². The number of carbonyl (C=O) groups is 1. The molecule has 142 valence electrons. The Kier molecular flexibility index (Phi) is 9.91. The first-order valence-corrected chi connectivity index (χ1v) is 8.40. The van der Waals surface area contributed by atoms with Gasteiger partial charge in [0, 0.05) is 13.6 Å². The maximum Gasteiger partial charge on any atom is 0.239 e. The Balaban J connectivity index is 0.00000338. The van der Waals surface area contributed by atoms with Crippen molar-refractivity contribution < 1.29 is 14.6 Å². The molecule has 5 nitrogen and oxygen atoms in total. The van der Waals surface area contributed by atoms with Gasteiger partial charge in [0.2, 0.25) is 5.91 Å². The highest BCUT2D eigenvalue weighted by Gasteiger charge is 2.20. The van der Waals surface area contributed by atoms with Crippen LogP contribution in [0, 0.1) is 0 Å². The van der Waals surface area contributed by atoms with Crippen LogP contribution in [0.3, 0.4) is 0 Å². The van der Waals surface area contributed by atoms with Gasteiger partial charge >= 0.3 is 0 Å². The van der Waals surface area contributed by atoms with E-state index in [4.69, 9.17) is 10.5 Å². The number of ether oxygens (including phenoxy) is 1. The molecule has 0 heterocycles. The van der Waals surface area contributed by atoms with Crippen molar-refractivity contribution in [3.63, 3.8) is 0 Å². The van der Waals surface area contributed by atoms with Gasteiger partial charge in [0.25, 0.3) is 0 Å². The van der Waals surface area contributed by atoms with Crippen molar-refractivity contribution in [1.82, 2.24) is 4.90 Å². The minimum absolute atomic E-state index is 0. The molecule has 0 spiro atoms. The number of nitrogens with zero attached hydrogens (tertiary/aromatic N) is 1. The Hall–Kier alpha value is -1.92. The Morgan fingerprint density at radius 3 is 2.19 bits per heavy atom. The standard InChI is InChI=1S/C20H26N2O3.ClH/c1-22(20(24)19(21)12-16-8-4-2-5-9-16)13-18(23)15-25-14-17-10-6-3-7-11-17;/h2-11,18-19,23H,12-15,21H2,1H3;1H/t18?,19-;/m0./s1. The Bertz CT molecular complexity index is 640. The highest BCUT2D eigenvalue weighted by molar-refractivity contribution is 5.85. The highest BCUT2D eigenvalue weighted by Crippen LogP contribution is 2.05. The van der Waals surface area contributed by atoms with E-state index >= 15 is 0 Å². The smallest absolute Gasteiger partial charge is 0.239 e. The van der Waals surface area contributed by atoms with E-state index < -0.39 is 12.1 Å². The van der Waals surface area contributed by atoms with Crippen molar-refractivity contribution in [2.75, 3.05) is 20.2 Å². The lowest BCUT2D eigenvalue weighted by atomic mass is 10.1. The third kappa shape index (κ3) is 7.54. The SMILES string of the molecule is CN(CC(O)COCc1ccccc1)C(=O)[C@@H](N)Cc1ccccc1.Cl. The maximum absolute atomic E-state index is 12.3. The van der Waals surface area contributed by atoms with Crippen LogP contribution in [0.1, 0.15) is 11.1 Å². The molecule has 0 saturated carbocycles. The molecule has 0 aromatic heterocycles. The summed E-state index contributed by atoms with van der Waals surface area (Å²) in [6, 6.07) is 18.8. The van der Waals surface area contributed by atoms with Crippen LogP contribution >= 0.6 is 12.4 Å². The topological polar surface area (TPSA) is 75.8 Å². The van der Waals surface area contributed by atoms with E-state index in [0.29, 0.717) is 13.0 Å². The zero-order valence-electron chi connectivity index (χ0n) is 15.0. The fraction of sp³-hybridized carbons (Fsp3) is 0.350. The number of aliphatic hydroxyl groups excluding tert-OH is 1. The number of halogens is 1. The number of amides is 1. The summed E-state index contributed by atoms with van der Waals surface area (Å²) in [5.74, 6) is -0.189. The van der Waals surface area contributed by atoms with Crippen LogP contribution in [0.2, 0.25) is 0 Å². The molecule has 3 N–H and O–H groups in total. The van der Waals surface area contributed by atoms with Gasteiger partial charge in [-0.05, 0) is 17.5 Å². The molecule has 2 aromatic carbocycles. The van der Waals surface area contributed by atoms with E-state index in [1.165, 1.54) is 4.90 Å². The molecule has 2 rings (SSSR count). The molecule has 2 aromatic rings. The van der Waals surface area contributed by atoms with Crippen LogP contribution < -0.4 is 5.73 Å². The van der Waals surface area contributed by atoms with Gasteiger partial charge in [0.15, 0.2) is 0 Å². The molecule has 6 heteroatoms. The van der Waals surface area contributed by atoms with Crippen LogP contribution in [0.15, 0.2) is 60.7 Å². The minimum Gasteiger partial charge on any atom is -0.389 e. The predicted octanol–water partition coefficient (Wildman–Crippen LogP) is 2.01. The molecule has 0 bridgehead atoms. The second-order valence-electron chi connectivity index (χ2n) is 6.17. The summed E-state index contributed by atoms with van der Waals surface area (Å²) in [7, 11) is 1.65. The van der Waals surface area contributed by atoms with Crippen molar-refractivity contribution in [2.45, 2.75) is 25.2 Å². The van der Waals surface area contributed by atoms with Gasteiger partial charge in [-0.2, -0.15) is 0 Å². The van der Waals surface area contributed by atoms with E-state index in [2.05, 4.69) is 0 Å². The summed E-state index contributed by atoms with van der Waals surface area (Å²) in [6.07, 6.45) is -0.272. The average molecular weight is 379 g/mol. The molecule has 1 amide bonds. The molecule has 0 saturated heterocycles. The van der Waals surface area contributed by atoms with E-state index in [0.717, 1.165) is 11.1 Å². The van der Waals surface area contributed by atoms with Crippen LogP contribution in [0.5, 0.6) is 0 Å². The minimum atomic E-state index is -0.749. The second-order valence-corrected chi connectivity index (χ2v) is 6.17. The lowest BCUT2D eigenvalue weighted by Crippen LogP contribution is -2.46. The van der Waals surface area contributed by atoms with Crippen molar-refractivity contribution in [1.29, 1.82) is 0 Å². The van der Waals surface area contributed by atoms with Crippen molar-refractivity contribution in [3.8, 4) is 0 Å². The van der Waals surface area contributed by atoms with Crippen molar-refractivity contribution in [3.05, 3.63) is 71.8 Å². The van der Waals surface area contributed by atoms with E-state index in [9.17, 15) is 9.90 Å². The monoisotopic (exact) mass is 378 g/mol. The molecule has 0 fully saturated rings. The van der Waals surface area contributed by atoms with E-state index in [1.54, 1.807) is 7.05 Å². The van der Waals surface area contributed by atoms with Gasteiger partial charge in [0.05, 0.1) is 25.4 Å².